The molecule has 110 valence electrons. The monoisotopic (exact) mass is 300 g/mol. The molecule has 0 saturated carbocycles. The van der Waals surface area contributed by atoms with Crippen molar-refractivity contribution in [2.45, 2.75) is 0 Å². The highest BCUT2D eigenvalue weighted by Gasteiger charge is 2.17. The van der Waals surface area contributed by atoms with Crippen molar-refractivity contribution in [2.75, 3.05) is 42.2 Å². The van der Waals surface area contributed by atoms with Crippen LogP contribution in [-0.4, -0.2) is 52.1 Å². The number of aromatic carboxylic acids is 1. The lowest BCUT2D eigenvalue weighted by Crippen LogP contribution is -2.36. The van der Waals surface area contributed by atoms with Gasteiger partial charge in [0.25, 0.3) is 0 Å². The van der Waals surface area contributed by atoms with Gasteiger partial charge in [-0.2, -0.15) is 0 Å². The predicted octanol–water partition coefficient (Wildman–Crippen LogP) is 0.593. The summed E-state index contributed by atoms with van der Waals surface area (Å²) in [6, 6.07) is 4.61. The molecule has 1 fully saturated rings. The zero-order valence-corrected chi connectivity index (χ0v) is 11.8. The molecular formula is C12H16N2O5S. The molecule has 0 spiro atoms. The summed E-state index contributed by atoms with van der Waals surface area (Å²) in [5, 5.41) is 9.10. The molecule has 1 aromatic carbocycles. The van der Waals surface area contributed by atoms with Gasteiger partial charge in [0.2, 0.25) is 10.0 Å². The zero-order valence-electron chi connectivity index (χ0n) is 11.0. The molecule has 8 heteroatoms. The van der Waals surface area contributed by atoms with Gasteiger partial charge in [0.15, 0.2) is 0 Å². The third-order valence-electron chi connectivity index (χ3n) is 2.91. The van der Waals surface area contributed by atoms with Gasteiger partial charge in [-0.1, -0.05) is 0 Å². The minimum absolute atomic E-state index is 0.0731. The predicted molar refractivity (Wildman–Crippen MR) is 74.9 cm³/mol. The Labute approximate surface area is 117 Å². The number of anilines is 2. The lowest BCUT2D eigenvalue weighted by atomic mass is 10.1. The number of carbonyl (C=O) groups is 1. The van der Waals surface area contributed by atoms with Crippen molar-refractivity contribution in [3.63, 3.8) is 0 Å². The number of ether oxygens (including phenoxy) is 1. The maximum atomic E-state index is 11.3. The van der Waals surface area contributed by atoms with Crippen molar-refractivity contribution in [1.82, 2.24) is 0 Å². The summed E-state index contributed by atoms with van der Waals surface area (Å²) >= 11 is 0. The van der Waals surface area contributed by atoms with Crippen LogP contribution in [0.5, 0.6) is 0 Å². The summed E-state index contributed by atoms with van der Waals surface area (Å²) in [5.41, 5.74) is 0.765. The van der Waals surface area contributed by atoms with Crippen LogP contribution in [0.1, 0.15) is 10.4 Å². The highest BCUT2D eigenvalue weighted by molar-refractivity contribution is 7.92. The number of nitrogens with zero attached hydrogens (tertiary/aromatic N) is 1. The SMILES string of the molecule is CS(=O)(=O)Nc1cc(N2CCOCC2)ccc1C(=O)O. The maximum Gasteiger partial charge on any atom is 0.337 e. The molecule has 1 aliphatic heterocycles. The second kappa shape index (κ2) is 5.68. The summed E-state index contributed by atoms with van der Waals surface area (Å²) in [6.45, 7) is 2.56. The Morgan fingerprint density at radius 2 is 2.00 bits per heavy atom. The van der Waals surface area contributed by atoms with Crippen molar-refractivity contribution in [3.8, 4) is 0 Å². The van der Waals surface area contributed by atoms with Crippen molar-refractivity contribution in [2.24, 2.45) is 0 Å². The molecule has 1 aliphatic rings. The third kappa shape index (κ3) is 3.61. The van der Waals surface area contributed by atoms with Crippen LogP contribution >= 0.6 is 0 Å². The molecule has 0 amide bonds. The first kappa shape index (κ1) is 14.6. The van der Waals surface area contributed by atoms with Crippen LogP contribution in [-0.2, 0) is 14.8 Å². The molecule has 20 heavy (non-hydrogen) atoms. The average Bonchev–Trinajstić information content (AvgIpc) is 2.37. The van der Waals surface area contributed by atoms with Crippen molar-refractivity contribution in [1.29, 1.82) is 0 Å². The highest BCUT2D eigenvalue weighted by atomic mass is 32.2. The first-order chi connectivity index (χ1) is 9.37. The van der Waals surface area contributed by atoms with E-state index in [0.717, 1.165) is 11.9 Å². The Morgan fingerprint density at radius 1 is 1.35 bits per heavy atom. The number of rotatable bonds is 4. The Bertz CT molecular complexity index is 608. The number of sulfonamides is 1. The number of nitrogens with one attached hydrogen (secondary N) is 1. The lowest BCUT2D eigenvalue weighted by molar-refractivity contribution is 0.0698. The molecule has 0 atom stereocenters. The topological polar surface area (TPSA) is 95.9 Å². The van der Waals surface area contributed by atoms with E-state index in [4.69, 9.17) is 9.84 Å². The van der Waals surface area contributed by atoms with Gasteiger partial charge in [0.1, 0.15) is 0 Å². The van der Waals surface area contributed by atoms with Crippen molar-refractivity contribution < 1.29 is 23.1 Å². The Kier molecular flexibility index (Phi) is 4.15. The van der Waals surface area contributed by atoms with E-state index < -0.39 is 16.0 Å². The van der Waals surface area contributed by atoms with Gasteiger partial charge in [-0.05, 0) is 18.2 Å². The van der Waals surface area contributed by atoms with Gasteiger partial charge in [-0.3, -0.25) is 4.72 Å². The van der Waals surface area contributed by atoms with E-state index in [1.807, 2.05) is 4.90 Å². The molecule has 2 N–H and O–H groups in total. The molecule has 0 bridgehead atoms. The molecule has 0 unspecified atom stereocenters. The lowest BCUT2D eigenvalue weighted by Gasteiger charge is -2.29. The Balaban J connectivity index is 2.36. The summed E-state index contributed by atoms with van der Waals surface area (Å²) in [5.74, 6) is -1.18. The molecule has 2 rings (SSSR count). The van der Waals surface area contributed by atoms with Gasteiger partial charge >= 0.3 is 5.97 Å². The summed E-state index contributed by atoms with van der Waals surface area (Å²) < 4.78 is 30.1. The van der Waals surface area contributed by atoms with Crippen LogP contribution in [0.4, 0.5) is 11.4 Å². The minimum Gasteiger partial charge on any atom is -0.478 e. The second-order valence-electron chi connectivity index (χ2n) is 4.51. The summed E-state index contributed by atoms with van der Waals surface area (Å²) in [6.07, 6.45) is 0.986. The van der Waals surface area contributed by atoms with Gasteiger partial charge in [0.05, 0.1) is 30.7 Å². The van der Waals surface area contributed by atoms with Crippen molar-refractivity contribution in [3.05, 3.63) is 23.8 Å². The number of benzene rings is 1. The van der Waals surface area contributed by atoms with E-state index >= 15 is 0 Å². The number of morpholine rings is 1. The molecule has 1 aromatic rings. The van der Waals surface area contributed by atoms with E-state index in [1.54, 1.807) is 6.07 Å². The zero-order chi connectivity index (χ0) is 14.8. The van der Waals surface area contributed by atoms with Gasteiger partial charge < -0.3 is 14.7 Å². The van der Waals surface area contributed by atoms with Gasteiger partial charge in [-0.15, -0.1) is 0 Å². The average molecular weight is 300 g/mol. The normalized spacial score (nSPS) is 15.9. The van der Waals surface area contributed by atoms with E-state index in [-0.39, 0.29) is 11.3 Å². The number of carboxylic acid groups (broad SMARTS) is 1. The quantitative estimate of drug-likeness (QED) is 0.845. The molecule has 0 radical (unpaired) electrons. The van der Waals surface area contributed by atoms with E-state index in [9.17, 15) is 13.2 Å². The van der Waals surface area contributed by atoms with Crippen LogP contribution in [0, 0.1) is 0 Å². The molecule has 1 heterocycles. The molecule has 7 nitrogen and oxygen atoms in total. The molecular weight excluding hydrogens is 284 g/mol. The van der Waals surface area contributed by atoms with Crippen LogP contribution in [0.2, 0.25) is 0 Å². The third-order valence-corrected chi connectivity index (χ3v) is 3.50. The molecule has 0 aliphatic carbocycles. The first-order valence-corrected chi connectivity index (χ1v) is 7.94. The van der Waals surface area contributed by atoms with E-state index in [0.29, 0.717) is 26.3 Å². The van der Waals surface area contributed by atoms with Gasteiger partial charge in [0, 0.05) is 18.8 Å². The van der Waals surface area contributed by atoms with Crippen molar-refractivity contribution >= 4 is 27.4 Å². The number of carboxylic acids is 1. The number of hydrogen-bond acceptors (Lipinski definition) is 5. The molecule has 0 aromatic heterocycles. The van der Waals surface area contributed by atoms with Gasteiger partial charge in [-0.25, -0.2) is 13.2 Å². The van der Waals surface area contributed by atoms with E-state index in [2.05, 4.69) is 4.72 Å². The van der Waals surface area contributed by atoms with E-state index in [1.165, 1.54) is 12.1 Å². The highest BCUT2D eigenvalue weighted by Crippen LogP contribution is 2.25. The van der Waals surface area contributed by atoms with Crippen LogP contribution in [0.15, 0.2) is 18.2 Å². The smallest absolute Gasteiger partial charge is 0.337 e. The Hall–Kier alpha value is -1.80. The fourth-order valence-electron chi connectivity index (χ4n) is 2.02. The largest absolute Gasteiger partial charge is 0.478 e. The van der Waals surface area contributed by atoms with Crippen LogP contribution < -0.4 is 9.62 Å². The second-order valence-corrected chi connectivity index (χ2v) is 6.26. The first-order valence-electron chi connectivity index (χ1n) is 6.04. The fraction of sp³-hybridized carbons (Fsp3) is 0.417. The molecule has 1 saturated heterocycles. The standard InChI is InChI=1S/C12H16N2O5S/c1-20(17,18)13-11-8-9(2-3-10(11)12(15)16)14-4-6-19-7-5-14/h2-3,8,13H,4-7H2,1H3,(H,15,16). The summed E-state index contributed by atoms with van der Waals surface area (Å²) in [4.78, 5) is 13.1. The fourth-order valence-corrected chi connectivity index (χ4v) is 2.59. The number of hydrogen-bond donors (Lipinski definition) is 2. The maximum absolute atomic E-state index is 11.3. The van der Waals surface area contributed by atoms with Crippen LogP contribution in [0.3, 0.4) is 0 Å². The Morgan fingerprint density at radius 3 is 2.55 bits per heavy atom. The minimum atomic E-state index is -3.54. The van der Waals surface area contributed by atoms with Crippen LogP contribution in [0.25, 0.3) is 0 Å². The summed E-state index contributed by atoms with van der Waals surface area (Å²) in [7, 11) is -3.54.